The number of carbonyl (C=O) groups is 1. The molecule has 1 aliphatic rings. The lowest BCUT2D eigenvalue weighted by atomic mass is 9.97. The number of hydrogen-bond donors (Lipinski definition) is 1. The number of hydrogen-bond acceptors (Lipinski definition) is 4. The Morgan fingerprint density at radius 2 is 2.08 bits per heavy atom. The number of benzene rings is 1. The zero-order valence-electron chi connectivity index (χ0n) is 15.1. The number of nitrogens with one attached hydrogen (secondary N) is 1. The van der Waals surface area contributed by atoms with Gasteiger partial charge in [0.2, 0.25) is 4.77 Å². The van der Waals surface area contributed by atoms with Gasteiger partial charge in [0.15, 0.2) is 12.5 Å². The SMILES string of the molecule is CCOC(=O)C1CC[NH+](Cn2nc(-c3ccccc3Cl)n(C)c2=S)CC1. The quantitative estimate of drug-likeness (QED) is 0.622. The zero-order valence-corrected chi connectivity index (χ0v) is 16.6. The fourth-order valence-electron chi connectivity index (χ4n) is 3.36. The van der Waals surface area contributed by atoms with Gasteiger partial charge in [0, 0.05) is 25.5 Å². The van der Waals surface area contributed by atoms with Crippen LogP contribution in [0.25, 0.3) is 11.4 Å². The molecule has 0 spiro atoms. The lowest BCUT2D eigenvalue weighted by Gasteiger charge is -2.27. The maximum absolute atomic E-state index is 11.9. The molecule has 0 saturated carbocycles. The first-order chi connectivity index (χ1) is 12.5. The molecule has 0 unspecified atom stereocenters. The number of rotatable bonds is 5. The van der Waals surface area contributed by atoms with Gasteiger partial charge in [0.1, 0.15) is 0 Å². The molecule has 8 heteroatoms. The highest BCUT2D eigenvalue weighted by molar-refractivity contribution is 7.71. The summed E-state index contributed by atoms with van der Waals surface area (Å²) in [5.74, 6) is 0.720. The molecule has 3 rings (SSSR count). The van der Waals surface area contributed by atoms with Crippen LogP contribution < -0.4 is 4.90 Å². The Morgan fingerprint density at radius 3 is 2.73 bits per heavy atom. The molecule has 1 N–H and O–H groups in total. The Bertz CT molecular complexity index is 840. The van der Waals surface area contributed by atoms with Crippen molar-refractivity contribution in [1.29, 1.82) is 0 Å². The summed E-state index contributed by atoms with van der Waals surface area (Å²) in [4.78, 5) is 13.2. The summed E-state index contributed by atoms with van der Waals surface area (Å²) in [5.41, 5.74) is 0.873. The second-order valence-corrected chi connectivity index (χ2v) is 7.35. The van der Waals surface area contributed by atoms with Gasteiger partial charge < -0.3 is 14.2 Å². The molecule has 0 aliphatic carbocycles. The third-order valence-electron chi connectivity index (χ3n) is 4.84. The van der Waals surface area contributed by atoms with E-state index in [1.165, 1.54) is 4.90 Å². The van der Waals surface area contributed by atoms with Crippen molar-refractivity contribution in [2.75, 3.05) is 19.7 Å². The minimum absolute atomic E-state index is 0.0223. The Morgan fingerprint density at radius 1 is 1.38 bits per heavy atom. The molecule has 6 nitrogen and oxygen atoms in total. The monoisotopic (exact) mass is 395 g/mol. The number of aromatic nitrogens is 3. The Kier molecular flexibility index (Phi) is 6.11. The van der Waals surface area contributed by atoms with Crippen molar-refractivity contribution in [2.45, 2.75) is 26.4 Å². The maximum Gasteiger partial charge on any atom is 0.309 e. The average Bonchev–Trinajstić information content (AvgIpc) is 2.91. The number of likely N-dealkylation sites (tertiary alicyclic amines) is 1. The average molecular weight is 396 g/mol. The molecule has 2 aromatic rings. The lowest BCUT2D eigenvalue weighted by molar-refractivity contribution is -0.929. The molecule has 0 atom stereocenters. The van der Waals surface area contributed by atoms with Crippen molar-refractivity contribution in [3.63, 3.8) is 0 Å². The first-order valence-electron chi connectivity index (χ1n) is 8.90. The molecule has 0 radical (unpaired) electrons. The largest absolute Gasteiger partial charge is 0.466 e. The molecule has 1 aliphatic heterocycles. The van der Waals surface area contributed by atoms with Crippen LogP contribution in [0.2, 0.25) is 5.02 Å². The van der Waals surface area contributed by atoms with Gasteiger partial charge in [0.05, 0.1) is 30.6 Å². The van der Waals surface area contributed by atoms with Gasteiger partial charge in [-0.2, -0.15) is 4.68 Å². The number of piperidine rings is 1. The van der Waals surface area contributed by atoms with E-state index in [1.807, 2.05) is 47.5 Å². The molecule has 26 heavy (non-hydrogen) atoms. The predicted octanol–water partition coefficient (Wildman–Crippen LogP) is 2.09. The molecule has 1 saturated heterocycles. The topological polar surface area (TPSA) is 53.5 Å². The normalized spacial score (nSPS) is 20.1. The fourth-order valence-corrected chi connectivity index (χ4v) is 3.77. The molecule has 1 aromatic carbocycles. The standard InChI is InChI=1S/C18H23ClN4O2S/c1-3-25-17(24)13-8-10-22(11-9-13)12-23-18(26)21(2)16(20-23)14-6-4-5-7-15(14)19/h4-7,13H,3,8-12H2,1-2H3/p+1. The fraction of sp³-hybridized carbons (Fsp3) is 0.500. The third-order valence-corrected chi connectivity index (χ3v) is 5.66. The maximum atomic E-state index is 11.9. The van der Waals surface area contributed by atoms with E-state index in [-0.39, 0.29) is 11.9 Å². The van der Waals surface area contributed by atoms with E-state index in [4.69, 9.17) is 33.7 Å². The summed E-state index contributed by atoms with van der Waals surface area (Å²) in [6.45, 7) is 4.79. The van der Waals surface area contributed by atoms with E-state index in [0.717, 1.165) is 37.3 Å². The number of ether oxygens (including phenoxy) is 1. The van der Waals surface area contributed by atoms with Gasteiger partial charge in [0.25, 0.3) is 0 Å². The molecule has 140 valence electrons. The molecule has 1 fully saturated rings. The lowest BCUT2D eigenvalue weighted by Crippen LogP contribution is -3.12. The van der Waals surface area contributed by atoms with Crippen LogP contribution in [0.3, 0.4) is 0 Å². The van der Waals surface area contributed by atoms with Crippen LogP contribution in [0.15, 0.2) is 24.3 Å². The van der Waals surface area contributed by atoms with Crippen molar-refractivity contribution >= 4 is 29.8 Å². The molecular weight excluding hydrogens is 372 g/mol. The van der Waals surface area contributed by atoms with Crippen LogP contribution in [0.5, 0.6) is 0 Å². The summed E-state index contributed by atoms with van der Waals surface area (Å²) in [7, 11) is 1.91. The summed E-state index contributed by atoms with van der Waals surface area (Å²) in [6.07, 6.45) is 1.68. The summed E-state index contributed by atoms with van der Waals surface area (Å²) >= 11 is 11.9. The van der Waals surface area contributed by atoms with Crippen molar-refractivity contribution in [3.8, 4) is 11.4 Å². The van der Waals surface area contributed by atoms with E-state index in [2.05, 4.69) is 0 Å². The van der Waals surface area contributed by atoms with E-state index in [1.54, 1.807) is 0 Å². The van der Waals surface area contributed by atoms with E-state index >= 15 is 0 Å². The minimum Gasteiger partial charge on any atom is -0.466 e. The number of quaternary nitrogens is 1. The van der Waals surface area contributed by atoms with Gasteiger partial charge in [-0.25, -0.2) is 0 Å². The van der Waals surface area contributed by atoms with Crippen molar-refractivity contribution < 1.29 is 14.4 Å². The van der Waals surface area contributed by atoms with Gasteiger partial charge in [-0.1, -0.05) is 23.7 Å². The number of esters is 1. The van der Waals surface area contributed by atoms with Crippen LogP contribution in [-0.2, 0) is 23.2 Å². The summed E-state index contributed by atoms with van der Waals surface area (Å²) in [6, 6.07) is 7.63. The van der Waals surface area contributed by atoms with Gasteiger partial charge >= 0.3 is 5.97 Å². The molecule has 0 amide bonds. The molecule has 1 aromatic heterocycles. The Hall–Kier alpha value is -1.70. The van der Waals surface area contributed by atoms with Crippen LogP contribution in [-0.4, -0.2) is 40.0 Å². The van der Waals surface area contributed by atoms with Crippen molar-refractivity contribution in [2.24, 2.45) is 13.0 Å². The predicted molar refractivity (Wildman–Crippen MR) is 103 cm³/mol. The minimum atomic E-state index is -0.0676. The first kappa shape index (κ1) is 19.1. The smallest absolute Gasteiger partial charge is 0.309 e. The van der Waals surface area contributed by atoms with Gasteiger partial charge in [-0.15, -0.1) is 5.10 Å². The first-order valence-corrected chi connectivity index (χ1v) is 9.68. The summed E-state index contributed by atoms with van der Waals surface area (Å²) < 4.78 is 9.55. The molecule has 0 bridgehead atoms. The summed E-state index contributed by atoms with van der Waals surface area (Å²) in [5, 5.41) is 5.35. The van der Waals surface area contributed by atoms with Crippen LogP contribution in [0, 0.1) is 10.7 Å². The molecular formula is C18H24ClN4O2S+. The Labute approximate surface area is 163 Å². The highest BCUT2D eigenvalue weighted by Gasteiger charge is 2.29. The van der Waals surface area contributed by atoms with E-state index in [9.17, 15) is 4.79 Å². The second-order valence-electron chi connectivity index (χ2n) is 6.58. The van der Waals surface area contributed by atoms with Crippen LogP contribution in [0.1, 0.15) is 19.8 Å². The third kappa shape index (κ3) is 4.00. The van der Waals surface area contributed by atoms with Crippen molar-refractivity contribution in [1.82, 2.24) is 14.3 Å². The number of carbonyl (C=O) groups excluding carboxylic acids is 1. The Balaban J connectivity index is 1.70. The van der Waals surface area contributed by atoms with Gasteiger partial charge in [-0.3, -0.25) is 4.79 Å². The highest BCUT2D eigenvalue weighted by Crippen LogP contribution is 2.25. The van der Waals surface area contributed by atoms with E-state index < -0.39 is 0 Å². The van der Waals surface area contributed by atoms with E-state index in [0.29, 0.717) is 23.1 Å². The number of nitrogens with zero attached hydrogens (tertiary/aromatic N) is 3. The zero-order chi connectivity index (χ0) is 18.7. The van der Waals surface area contributed by atoms with Crippen LogP contribution >= 0.6 is 23.8 Å². The van der Waals surface area contributed by atoms with Crippen LogP contribution in [0.4, 0.5) is 0 Å². The highest BCUT2D eigenvalue weighted by atomic mass is 35.5. The van der Waals surface area contributed by atoms with Crippen molar-refractivity contribution in [3.05, 3.63) is 34.1 Å². The van der Waals surface area contributed by atoms with Gasteiger partial charge in [-0.05, 0) is 31.3 Å². The molecule has 2 heterocycles. The number of halogens is 1. The second kappa shape index (κ2) is 8.33.